The van der Waals surface area contributed by atoms with Gasteiger partial charge in [0.2, 0.25) is 5.91 Å². The maximum atomic E-state index is 13.1. The number of allylic oxidation sites excluding steroid dienone is 13. The molecule has 7 unspecified atom stereocenters. The summed E-state index contributed by atoms with van der Waals surface area (Å²) in [6.07, 6.45) is 81.1. The number of aliphatic hydroxyl groups is 5. The molecule has 0 aromatic carbocycles. The fourth-order valence-electron chi connectivity index (χ4n) is 10.8. The van der Waals surface area contributed by atoms with Gasteiger partial charge in [-0.1, -0.05) is 324 Å². The molecule has 82 heavy (non-hydrogen) atoms. The highest BCUT2D eigenvalue weighted by atomic mass is 16.7. The van der Waals surface area contributed by atoms with Crippen LogP contribution in [-0.4, -0.2) is 87.5 Å². The van der Waals surface area contributed by atoms with Crippen molar-refractivity contribution >= 4 is 5.91 Å². The molecule has 0 aliphatic carbocycles. The predicted molar refractivity (Wildman–Crippen MR) is 350 cm³/mol. The van der Waals surface area contributed by atoms with Gasteiger partial charge in [0.25, 0.3) is 0 Å². The highest BCUT2D eigenvalue weighted by Gasteiger charge is 2.44. The van der Waals surface area contributed by atoms with Crippen LogP contribution in [0.1, 0.15) is 316 Å². The standard InChI is InChI=1S/C73H131NO8/c1-3-5-7-9-11-13-15-17-19-21-23-25-26-27-28-29-30-31-32-33-34-35-36-37-38-39-40-41-42-43-45-47-49-51-53-55-57-59-61-63-69(77)74-66(65-81-73-72(80)71(79)70(78)68(64-75)82-73)67(76)62-60-58-56-54-52-50-48-46-44-24-22-20-18-16-14-12-10-8-6-4-2/h5,7,11,13,17,19,23,25,27-28,30-31,60,62,66-68,70-73,75-76,78-80H,3-4,6,8-10,12,14-16,18,20-22,24,26,29,32-59,61,63-65H2,1-2H3,(H,74,77)/b7-5-,13-11-,19-17-,25-23-,28-27-,31-30-,62-60+. The Morgan fingerprint density at radius 2 is 0.756 bits per heavy atom. The normalized spacial score (nSPS) is 18.8. The summed E-state index contributed by atoms with van der Waals surface area (Å²) in [6, 6.07) is -0.807. The van der Waals surface area contributed by atoms with Crippen LogP contribution in [0.25, 0.3) is 0 Å². The highest BCUT2D eigenvalue weighted by molar-refractivity contribution is 5.76. The number of hydrogen-bond donors (Lipinski definition) is 6. The van der Waals surface area contributed by atoms with Gasteiger partial charge >= 0.3 is 0 Å². The lowest BCUT2D eigenvalue weighted by Gasteiger charge is -2.40. The van der Waals surface area contributed by atoms with Crippen LogP contribution in [0.15, 0.2) is 85.1 Å². The zero-order chi connectivity index (χ0) is 59.3. The van der Waals surface area contributed by atoms with E-state index in [1.165, 1.54) is 218 Å². The third-order valence-electron chi connectivity index (χ3n) is 16.2. The van der Waals surface area contributed by atoms with E-state index in [0.29, 0.717) is 6.42 Å². The fraction of sp³-hybridized carbons (Fsp3) is 0.795. The second-order valence-corrected chi connectivity index (χ2v) is 23.9. The number of amides is 1. The van der Waals surface area contributed by atoms with E-state index >= 15 is 0 Å². The molecular formula is C73H131NO8. The van der Waals surface area contributed by atoms with Gasteiger partial charge in [0, 0.05) is 6.42 Å². The Balaban J connectivity index is 2.09. The summed E-state index contributed by atoms with van der Waals surface area (Å²) >= 11 is 0. The van der Waals surface area contributed by atoms with E-state index in [0.717, 1.165) is 77.0 Å². The Bertz CT molecular complexity index is 1570. The van der Waals surface area contributed by atoms with Crippen LogP contribution in [0.2, 0.25) is 0 Å². The smallest absolute Gasteiger partial charge is 0.220 e. The molecule has 0 aromatic heterocycles. The molecule has 9 heteroatoms. The van der Waals surface area contributed by atoms with Crippen molar-refractivity contribution in [2.75, 3.05) is 13.2 Å². The van der Waals surface area contributed by atoms with Crippen molar-refractivity contribution in [2.45, 2.75) is 358 Å². The van der Waals surface area contributed by atoms with Crippen molar-refractivity contribution in [1.29, 1.82) is 0 Å². The van der Waals surface area contributed by atoms with Crippen LogP contribution in [-0.2, 0) is 14.3 Å². The molecule has 0 saturated carbocycles. The predicted octanol–water partition coefficient (Wildman–Crippen LogP) is 18.9. The summed E-state index contributed by atoms with van der Waals surface area (Å²) in [5.41, 5.74) is 0. The van der Waals surface area contributed by atoms with E-state index in [9.17, 15) is 30.3 Å². The molecule has 1 saturated heterocycles. The minimum atomic E-state index is -1.57. The summed E-state index contributed by atoms with van der Waals surface area (Å²) in [4.78, 5) is 13.1. The number of rotatable bonds is 60. The summed E-state index contributed by atoms with van der Waals surface area (Å²) in [5.74, 6) is -0.173. The zero-order valence-electron chi connectivity index (χ0n) is 53.2. The molecule has 0 spiro atoms. The second kappa shape index (κ2) is 61.5. The second-order valence-electron chi connectivity index (χ2n) is 23.9. The molecule has 6 N–H and O–H groups in total. The summed E-state index contributed by atoms with van der Waals surface area (Å²) < 4.78 is 11.3. The number of carbonyl (C=O) groups is 1. The summed E-state index contributed by atoms with van der Waals surface area (Å²) in [6.45, 7) is 3.70. The topological polar surface area (TPSA) is 149 Å². The lowest BCUT2D eigenvalue weighted by atomic mass is 9.99. The molecule has 1 aliphatic rings. The number of nitrogens with one attached hydrogen (secondary N) is 1. The Morgan fingerprint density at radius 3 is 1.12 bits per heavy atom. The quantitative estimate of drug-likeness (QED) is 0.0261. The van der Waals surface area contributed by atoms with Crippen molar-refractivity contribution in [3.05, 3.63) is 85.1 Å². The average Bonchev–Trinajstić information content (AvgIpc) is 3.52. The summed E-state index contributed by atoms with van der Waals surface area (Å²) in [5, 5.41) is 54.7. The molecular weight excluding hydrogens is 1020 g/mol. The largest absolute Gasteiger partial charge is 0.394 e. The molecule has 0 bridgehead atoms. The SMILES string of the molecule is CC/C=C\C/C=C\C/C=C\C/C=C\C/C=C\C/C=C\CCCCCCCCCCCCCCCCCCCCCCC(=O)NC(COC1OC(CO)C(O)C(O)C1O)C(O)/C=C/CCCCCCCCCCCCCCCCCCCC. The van der Waals surface area contributed by atoms with E-state index in [1.54, 1.807) is 6.08 Å². The number of unbranched alkanes of at least 4 members (excludes halogenated alkanes) is 38. The first-order valence-electron chi connectivity index (χ1n) is 34.8. The van der Waals surface area contributed by atoms with E-state index in [1.807, 2.05) is 6.08 Å². The van der Waals surface area contributed by atoms with Gasteiger partial charge in [-0.25, -0.2) is 0 Å². The van der Waals surface area contributed by atoms with Gasteiger partial charge in [-0.05, 0) is 70.6 Å². The Kier molecular flexibility index (Phi) is 58.0. The van der Waals surface area contributed by atoms with Crippen molar-refractivity contribution in [3.63, 3.8) is 0 Å². The molecule has 9 nitrogen and oxygen atoms in total. The minimum absolute atomic E-state index is 0.173. The fourth-order valence-corrected chi connectivity index (χ4v) is 10.8. The number of aliphatic hydroxyl groups excluding tert-OH is 5. The molecule has 1 fully saturated rings. The number of carbonyl (C=O) groups excluding carboxylic acids is 1. The van der Waals surface area contributed by atoms with Gasteiger partial charge in [-0.2, -0.15) is 0 Å². The van der Waals surface area contributed by atoms with Crippen LogP contribution < -0.4 is 5.32 Å². The van der Waals surface area contributed by atoms with Gasteiger partial charge in [0.1, 0.15) is 24.4 Å². The van der Waals surface area contributed by atoms with Crippen LogP contribution in [0.3, 0.4) is 0 Å². The van der Waals surface area contributed by atoms with Gasteiger partial charge in [-0.15, -0.1) is 0 Å². The molecule has 476 valence electrons. The molecule has 1 amide bonds. The Morgan fingerprint density at radius 1 is 0.427 bits per heavy atom. The van der Waals surface area contributed by atoms with Crippen LogP contribution in [0, 0.1) is 0 Å². The molecule has 1 heterocycles. The summed E-state index contributed by atoms with van der Waals surface area (Å²) in [7, 11) is 0. The maximum absolute atomic E-state index is 13.1. The molecule has 0 radical (unpaired) electrons. The first kappa shape index (κ1) is 77.4. The Labute approximate surface area is 505 Å². The van der Waals surface area contributed by atoms with Crippen LogP contribution in [0.4, 0.5) is 0 Å². The lowest BCUT2D eigenvalue weighted by Crippen LogP contribution is -2.60. The van der Waals surface area contributed by atoms with Gasteiger partial charge in [0.15, 0.2) is 6.29 Å². The average molecular weight is 1150 g/mol. The van der Waals surface area contributed by atoms with Crippen molar-refractivity contribution < 1.29 is 39.8 Å². The Hall–Kier alpha value is -2.63. The van der Waals surface area contributed by atoms with E-state index < -0.39 is 49.5 Å². The van der Waals surface area contributed by atoms with Crippen LogP contribution >= 0.6 is 0 Å². The maximum Gasteiger partial charge on any atom is 0.220 e. The van der Waals surface area contributed by atoms with E-state index in [-0.39, 0.29) is 12.5 Å². The molecule has 0 aromatic rings. The lowest BCUT2D eigenvalue weighted by molar-refractivity contribution is -0.302. The van der Waals surface area contributed by atoms with E-state index in [4.69, 9.17) is 9.47 Å². The van der Waals surface area contributed by atoms with Crippen molar-refractivity contribution in [2.24, 2.45) is 0 Å². The van der Waals surface area contributed by atoms with Crippen LogP contribution in [0.5, 0.6) is 0 Å². The molecule has 7 atom stereocenters. The monoisotopic (exact) mass is 1150 g/mol. The molecule has 1 aliphatic heterocycles. The zero-order valence-corrected chi connectivity index (χ0v) is 53.2. The van der Waals surface area contributed by atoms with Gasteiger partial charge in [0.05, 0.1) is 25.4 Å². The third-order valence-corrected chi connectivity index (χ3v) is 16.2. The van der Waals surface area contributed by atoms with E-state index in [2.05, 4.69) is 92.1 Å². The van der Waals surface area contributed by atoms with Crippen molar-refractivity contribution in [3.8, 4) is 0 Å². The first-order valence-corrected chi connectivity index (χ1v) is 34.8. The third kappa shape index (κ3) is 49.6. The van der Waals surface area contributed by atoms with Gasteiger partial charge in [-0.3, -0.25) is 4.79 Å². The number of hydrogen-bond acceptors (Lipinski definition) is 8. The first-order chi connectivity index (χ1) is 40.3. The molecule has 1 rings (SSSR count). The van der Waals surface area contributed by atoms with Crippen molar-refractivity contribution in [1.82, 2.24) is 5.32 Å². The van der Waals surface area contributed by atoms with Gasteiger partial charge < -0.3 is 40.3 Å². The highest BCUT2D eigenvalue weighted by Crippen LogP contribution is 2.23. The minimum Gasteiger partial charge on any atom is -0.394 e. The number of ether oxygens (including phenoxy) is 2.